The summed E-state index contributed by atoms with van der Waals surface area (Å²) in [4.78, 5) is 15.4. The number of methoxy groups -OCH3 is 2. The van der Waals surface area contributed by atoms with Crippen molar-refractivity contribution < 1.29 is 19.4 Å². The topological polar surface area (TPSA) is 107 Å². The van der Waals surface area contributed by atoms with Crippen LogP contribution in [0.1, 0.15) is 10.4 Å². The molecule has 0 saturated heterocycles. The number of nitrogens with two attached hydrogens (primary N) is 1. The number of aromatic carboxylic acids is 1. The maximum Gasteiger partial charge on any atom is 0.337 e. The fraction of sp³-hybridized carbons (Fsp3) is 0.143. The van der Waals surface area contributed by atoms with Gasteiger partial charge in [-0.3, -0.25) is 0 Å². The van der Waals surface area contributed by atoms with Gasteiger partial charge in [0.15, 0.2) is 11.5 Å². The molecule has 0 saturated carbocycles. The fourth-order valence-corrected chi connectivity index (χ4v) is 1.78. The Bertz CT molecular complexity index is 656. The average Bonchev–Trinajstić information content (AvgIpc) is 2.48. The highest BCUT2D eigenvalue weighted by molar-refractivity contribution is 5.96. The summed E-state index contributed by atoms with van der Waals surface area (Å²) in [6.07, 6.45) is 1.48. The number of carboxylic acids is 1. The Morgan fingerprint density at radius 2 is 1.90 bits per heavy atom. The first kappa shape index (κ1) is 14.4. The Balaban J connectivity index is 2.45. The third-order valence-electron chi connectivity index (χ3n) is 2.80. The molecule has 1 heterocycles. The van der Waals surface area contributed by atoms with Crippen LogP contribution in [0.2, 0.25) is 0 Å². The quantitative estimate of drug-likeness (QED) is 0.773. The molecule has 0 radical (unpaired) electrons. The van der Waals surface area contributed by atoms with Gasteiger partial charge in [0.1, 0.15) is 5.82 Å². The van der Waals surface area contributed by atoms with E-state index in [0.29, 0.717) is 28.7 Å². The number of nitrogen functional groups attached to an aromatic ring is 1. The average molecular weight is 289 g/mol. The highest BCUT2D eigenvalue weighted by Gasteiger charge is 2.16. The number of hydrogen-bond donors (Lipinski definition) is 3. The molecule has 110 valence electrons. The number of carbonyl (C=O) groups is 1. The molecule has 0 amide bonds. The minimum Gasteiger partial charge on any atom is -0.493 e. The smallest absolute Gasteiger partial charge is 0.337 e. The van der Waals surface area contributed by atoms with Gasteiger partial charge in [-0.2, -0.15) is 0 Å². The molecule has 4 N–H and O–H groups in total. The molecule has 0 aliphatic rings. The number of nitrogens with zero attached hydrogens (tertiary/aromatic N) is 1. The van der Waals surface area contributed by atoms with Crippen molar-refractivity contribution in [3.05, 3.63) is 36.0 Å². The zero-order chi connectivity index (χ0) is 15.4. The molecular weight excluding hydrogens is 274 g/mol. The number of aromatic nitrogens is 1. The van der Waals surface area contributed by atoms with E-state index in [1.165, 1.54) is 26.5 Å². The number of ether oxygens (including phenoxy) is 2. The van der Waals surface area contributed by atoms with E-state index >= 15 is 0 Å². The summed E-state index contributed by atoms with van der Waals surface area (Å²) in [5, 5.41) is 12.2. The molecule has 0 aliphatic heterocycles. The molecule has 0 bridgehead atoms. The second-order valence-corrected chi connectivity index (χ2v) is 4.16. The van der Waals surface area contributed by atoms with E-state index < -0.39 is 5.97 Å². The van der Waals surface area contributed by atoms with Crippen molar-refractivity contribution in [2.75, 3.05) is 25.3 Å². The minimum atomic E-state index is -1.09. The number of rotatable bonds is 5. The van der Waals surface area contributed by atoms with Crippen molar-refractivity contribution in [2.24, 2.45) is 0 Å². The first-order valence-electron chi connectivity index (χ1n) is 6.03. The second-order valence-electron chi connectivity index (χ2n) is 4.16. The van der Waals surface area contributed by atoms with Crippen LogP contribution >= 0.6 is 0 Å². The largest absolute Gasteiger partial charge is 0.493 e. The van der Waals surface area contributed by atoms with Gasteiger partial charge in [-0.1, -0.05) is 0 Å². The summed E-state index contributed by atoms with van der Waals surface area (Å²) in [6.45, 7) is 0. The number of anilines is 3. The van der Waals surface area contributed by atoms with E-state index in [2.05, 4.69) is 10.3 Å². The lowest BCUT2D eigenvalue weighted by molar-refractivity contribution is 0.0697. The van der Waals surface area contributed by atoms with Gasteiger partial charge in [-0.25, -0.2) is 9.78 Å². The number of nitrogens with one attached hydrogen (secondary N) is 1. The van der Waals surface area contributed by atoms with E-state index in [4.69, 9.17) is 15.2 Å². The molecule has 0 fully saturated rings. The molecule has 7 heteroatoms. The van der Waals surface area contributed by atoms with E-state index in [1.54, 1.807) is 18.2 Å². The van der Waals surface area contributed by atoms with Crippen molar-refractivity contribution in [3.63, 3.8) is 0 Å². The fourth-order valence-electron chi connectivity index (χ4n) is 1.78. The van der Waals surface area contributed by atoms with Crippen molar-refractivity contribution >= 4 is 23.2 Å². The standard InChI is InChI=1S/C14H15N3O4/c1-20-11-5-9(14(18)19)10(6-12(11)21-2)17-13-4-3-8(15)7-16-13/h3-7H,15H2,1-2H3,(H,16,17)(H,18,19). The number of carboxylic acid groups (broad SMARTS) is 1. The summed E-state index contributed by atoms with van der Waals surface area (Å²) in [6, 6.07) is 6.25. The molecule has 1 aromatic heterocycles. The van der Waals surface area contributed by atoms with Gasteiger partial charge in [-0.15, -0.1) is 0 Å². The molecule has 1 aromatic carbocycles. The Hall–Kier alpha value is -2.96. The van der Waals surface area contributed by atoms with Gasteiger partial charge in [0.05, 0.1) is 37.4 Å². The first-order valence-corrected chi connectivity index (χ1v) is 6.03. The molecule has 0 aliphatic carbocycles. The van der Waals surface area contributed by atoms with Crippen molar-refractivity contribution in [2.45, 2.75) is 0 Å². The SMILES string of the molecule is COc1cc(Nc2ccc(N)cn2)c(C(=O)O)cc1OC. The van der Waals surface area contributed by atoms with Gasteiger partial charge in [-0.05, 0) is 12.1 Å². The van der Waals surface area contributed by atoms with E-state index in [1.807, 2.05) is 0 Å². The summed E-state index contributed by atoms with van der Waals surface area (Å²) >= 11 is 0. The first-order chi connectivity index (χ1) is 10.0. The van der Waals surface area contributed by atoms with Crippen molar-refractivity contribution in [3.8, 4) is 11.5 Å². The van der Waals surface area contributed by atoms with Gasteiger partial charge < -0.3 is 25.6 Å². The van der Waals surface area contributed by atoms with Crippen LogP contribution in [0.25, 0.3) is 0 Å². The van der Waals surface area contributed by atoms with E-state index in [0.717, 1.165) is 0 Å². The third kappa shape index (κ3) is 3.14. The van der Waals surface area contributed by atoms with Gasteiger partial charge >= 0.3 is 5.97 Å². The molecule has 0 unspecified atom stereocenters. The van der Waals surface area contributed by atoms with Crippen LogP contribution in [-0.4, -0.2) is 30.3 Å². The van der Waals surface area contributed by atoms with Crippen LogP contribution in [0, 0.1) is 0 Å². The highest BCUT2D eigenvalue weighted by atomic mass is 16.5. The zero-order valence-electron chi connectivity index (χ0n) is 11.6. The summed E-state index contributed by atoms with van der Waals surface area (Å²) in [5.74, 6) is 0.138. The normalized spacial score (nSPS) is 10.0. The van der Waals surface area contributed by atoms with Crippen LogP contribution < -0.4 is 20.5 Å². The van der Waals surface area contributed by atoms with Crippen molar-refractivity contribution in [1.82, 2.24) is 4.98 Å². The number of hydrogen-bond acceptors (Lipinski definition) is 6. The third-order valence-corrected chi connectivity index (χ3v) is 2.80. The Morgan fingerprint density at radius 3 is 2.43 bits per heavy atom. The number of benzene rings is 1. The molecule has 0 atom stereocenters. The van der Waals surface area contributed by atoms with Gasteiger partial charge in [0.2, 0.25) is 0 Å². The predicted molar refractivity (Wildman–Crippen MR) is 78.4 cm³/mol. The maximum absolute atomic E-state index is 11.4. The highest BCUT2D eigenvalue weighted by Crippen LogP contribution is 2.34. The Kier molecular flexibility index (Phi) is 4.13. The molecule has 7 nitrogen and oxygen atoms in total. The lowest BCUT2D eigenvalue weighted by atomic mass is 10.1. The van der Waals surface area contributed by atoms with Gasteiger partial charge in [0, 0.05) is 12.1 Å². The zero-order valence-corrected chi connectivity index (χ0v) is 11.6. The van der Waals surface area contributed by atoms with E-state index in [-0.39, 0.29) is 5.56 Å². The number of pyridine rings is 1. The van der Waals surface area contributed by atoms with E-state index in [9.17, 15) is 9.90 Å². The molecule has 2 rings (SSSR count). The van der Waals surface area contributed by atoms with Crippen LogP contribution in [0.5, 0.6) is 11.5 Å². The summed E-state index contributed by atoms with van der Waals surface area (Å²) in [7, 11) is 2.92. The lowest BCUT2D eigenvalue weighted by Crippen LogP contribution is -2.05. The Morgan fingerprint density at radius 1 is 1.24 bits per heavy atom. The molecule has 0 spiro atoms. The summed E-state index contributed by atoms with van der Waals surface area (Å²) in [5.41, 5.74) is 6.47. The summed E-state index contributed by atoms with van der Waals surface area (Å²) < 4.78 is 10.3. The Labute approximate surface area is 121 Å². The second kappa shape index (κ2) is 6.00. The van der Waals surface area contributed by atoms with Crippen LogP contribution in [0.4, 0.5) is 17.2 Å². The molecule has 2 aromatic rings. The van der Waals surface area contributed by atoms with Crippen LogP contribution in [0.15, 0.2) is 30.5 Å². The molecule has 21 heavy (non-hydrogen) atoms. The van der Waals surface area contributed by atoms with Crippen molar-refractivity contribution in [1.29, 1.82) is 0 Å². The van der Waals surface area contributed by atoms with Crippen LogP contribution in [0.3, 0.4) is 0 Å². The monoisotopic (exact) mass is 289 g/mol. The maximum atomic E-state index is 11.4. The van der Waals surface area contributed by atoms with Gasteiger partial charge in [0.25, 0.3) is 0 Å². The lowest BCUT2D eigenvalue weighted by Gasteiger charge is -2.14. The molecular formula is C14H15N3O4. The minimum absolute atomic E-state index is 0.0475. The van der Waals surface area contributed by atoms with Crippen LogP contribution in [-0.2, 0) is 0 Å². The predicted octanol–water partition coefficient (Wildman–Crippen LogP) is 2.12.